The van der Waals surface area contributed by atoms with Gasteiger partial charge in [0.05, 0.1) is 5.60 Å². The molecule has 0 aromatic rings. The van der Waals surface area contributed by atoms with Crippen LogP contribution in [0, 0.1) is 40.4 Å². The number of hydrogen-bond acceptors (Lipinski definition) is 2. The topological polar surface area (TPSA) is 37.3 Å². The molecule has 8 atom stereocenters. The molecule has 2 heteroatoms. The minimum absolute atomic E-state index is 0.209. The van der Waals surface area contributed by atoms with Crippen molar-refractivity contribution in [3.8, 4) is 0 Å². The molecule has 2 nitrogen and oxygen atoms in total. The summed E-state index contributed by atoms with van der Waals surface area (Å²) in [4.78, 5) is 11.5. The van der Waals surface area contributed by atoms with Gasteiger partial charge in [-0.05, 0) is 92.3 Å². The minimum atomic E-state index is -0.459. The fourth-order valence-electron chi connectivity index (χ4n) is 8.01. The van der Waals surface area contributed by atoms with Gasteiger partial charge in [0, 0.05) is 5.92 Å². The number of carbonyl (C=O) groups excluding carboxylic acids is 1. The molecule has 0 aromatic heterocycles. The van der Waals surface area contributed by atoms with E-state index in [0.717, 1.165) is 43.4 Å². The fraction of sp³-hybridized carbons (Fsp3) is 0.875. The molecular weight excluding hydrogens is 320 g/mol. The maximum absolute atomic E-state index is 11.5. The zero-order valence-electron chi connectivity index (χ0n) is 17.3. The molecule has 0 saturated heterocycles. The summed E-state index contributed by atoms with van der Waals surface area (Å²) in [7, 11) is 0. The standard InChI is InChI=1S/C24H38O2/c1-5-24(26)13-12-22(3)17(14-24)6-7-18-20-9-8-19(16(2)15-25)23(20,4)11-10-21(18)22/h6,15-16,18-21,26H,5,7-14H2,1-4H3/t16-,18+,19-,20?,21?,22+,23-,24+/m1/s1. The smallest absolute Gasteiger partial charge is 0.123 e. The number of carbonyl (C=O) groups is 1. The molecule has 0 aromatic carbocycles. The van der Waals surface area contributed by atoms with E-state index < -0.39 is 5.60 Å². The Bertz CT molecular complexity index is 609. The van der Waals surface area contributed by atoms with E-state index in [-0.39, 0.29) is 5.92 Å². The first-order chi connectivity index (χ1) is 12.3. The van der Waals surface area contributed by atoms with E-state index in [1.54, 1.807) is 5.57 Å². The monoisotopic (exact) mass is 358 g/mol. The second-order valence-corrected chi connectivity index (χ2v) is 10.7. The molecule has 0 heterocycles. The summed E-state index contributed by atoms with van der Waals surface area (Å²) in [5.74, 6) is 3.16. The maximum Gasteiger partial charge on any atom is 0.123 e. The lowest BCUT2D eigenvalue weighted by atomic mass is 9.46. The van der Waals surface area contributed by atoms with Crippen molar-refractivity contribution in [3.63, 3.8) is 0 Å². The molecule has 4 aliphatic rings. The minimum Gasteiger partial charge on any atom is -0.390 e. The van der Waals surface area contributed by atoms with Gasteiger partial charge >= 0.3 is 0 Å². The average Bonchev–Trinajstić information content (AvgIpc) is 2.99. The Hall–Kier alpha value is -0.630. The molecule has 0 radical (unpaired) electrons. The first-order valence-electron chi connectivity index (χ1n) is 11.1. The Morgan fingerprint density at radius 2 is 1.96 bits per heavy atom. The third-order valence-electron chi connectivity index (χ3n) is 9.84. The predicted octanol–water partition coefficient (Wildman–Crippen LogP) is 5.54. The lowest BCUT2D eigenvalue weighted by Gasteiger charge is -2.59. The van der Waals surface area contributed by atoms with Crippen LogP contribution in [-0.4, -0.2) is 17.0 Å². The van der Waals surface area contributed by atoms with Gasteiger partial charge in [0.2, 0.25) is 0 Å². The highest BCUT2D eigenvalue weighted by molar-refractivity contribution is 5.53. The summed E-state index contributed by atoms with van der Waals surface area (Å²) in [6.07, 6.45) is 14.0. The van der Waals surface area contributed by atoms with Gasteiger partial charge in [-0.3, -0.25) is 0 Å². The van der Waals surface area contributed by atoms with Gasteiger partial charge in [0.1, 0.15) is 6.29 Å². The van der Waals surface area contributed by atoms with Crippen molar-refractivity contribution >= 4 is 6.29 Å². The second kappa shape index (κ2) is 6.19. The predicted molar refractivity (Wildman–Crippen MR) is 106 cm³/mol. The van der Waals surface area contributed by atoms with Crippen molar-refractivity contribution in [2.45, 2.75) is 91.1 Å². The third-order valence-corrected chi connectivity index (χ3v) is 9.84. The molecule has 4 rings (SSSR count). The molecule has 1 N–H and O–H groups in total. The summed E-state index contributed by atoms with van der Waals surface area (Å²) in [6.45, 7) is 9.29. The van der Waals surface area contributed by atoms with Crippen LogP contribution in [0.15, 0.2) is 11.6 Å². The van der Waals surface area contributed by atoms with E-state index in [9.17, 15) is 9.90 Å². The summed E-state index contributed by atoms with van der Waals surface area (Å²) in [6, 6.07) is 0. The summed E-state index contributed by atoms with van der Waals surface area (Å²) in [5, 5.41) is 10.9. The van der Waals surface area contributed by atoms with Crippen molar-refractivity contribution in [1.29, 1.82) is 0 Å². The van der Waals surface area contributed by atoms with Gasteiger partial charge in [0.25, 0.3) is 0 Å². The SMILES string of the molecule is CC[C@]1(O)CC[C@@]2(C)C(=CC[C@@H]3C2CC[C@@]2(C)C3CC[C@@H]2[C@H](C)C=O)C1. The lowest BCUT2D eigenvalue weighted by Crippen LogP contribution is -2.52. The van der Waals surface area contributed by atoms with Gasteiger partial charge in [0.15, 0.2) is 0 Å². The molecule has 3 saturated carbocycles. The van der Waals surface area contributed by atoms with Crippen molar-refractivity contribution in [2.75, 3.05) is 0 Å². The first-order valence-corrected chi connectivity index (χ1v) is 11.1. The van der Waals surface area contributed by atoms with Crippen molar-refractivity contribution < 1.29 is 9.90 Å². The van der Waals surface area contributed by atoms with E-state index in [1.165, 1.54) is 38.4 Å². The Morgan fingerprint density at radius 1 is 1.19 bits per heavy atom. The zero-order chi connectivity index (χ0) is 18.7. The van der Waals surface area contributed by atoms with Crippen LogP contribution in [0.5, 0.6) is 0 Å². The normalized spacial score (nSPS) is 51.7. The van der Waals surface area contributed by atoms with Crippen molar-refractivity contribution in [1.82, 2.24) is 0 Å². The largest absolute Gasteiger partial charge is 0.390 e. The molecule has 26 heavy (non-hydrogen) atoms. The van der Waals surface area contributed by atoms with Crippen molar-refractivity contribution in [3.05, 3.63) is 11.6 Å². The third kappa shape index (κ3) is 2.50. The van der Waals surface area contributed by atoms with Crippen LogP contribution < -0.4 is 0 Å². The molecule has 3 fully saturated rings. The van der Waals surface area contributed by atoms with E-state index in [1.807, 2.05) is 0 Å². The van der Waals surface area contributed by atoms with E-state index in [0.29, 0.717) is 16.7 Å². The van der Waals surface area contributed by atoms with Gasteiger partial charge in [-0.1, -0.05) is 39.3 Å². The van der Waals surface area contributed by atoms with Gasteiger partial charge in [-0.15, -0.1) is 0 Å². The Kier molecular flexibility index (Phi) is 4.46. The van der Waals surface area contributed by atoms with Crippen LogP contribution in [0.1, 0.15) is 85.5 Å². The zero-order valence-corrected chi connectivity index (χ0v) is 17.3. The summed E-state index contributed by atoms with van der Waals surface area (Å²) < 4.78 is 0. The van der Waals surface area contributed by atoms with Gasteiger partial charge in [-0.25, -0.2) is 0 Å². The van der Waals surface area contributed by atoms with E-state index >= 15 is 0 Å². The second-order valence-electron chi connectivity index (χ2n) is 10.7. The Balaban J connectivity index is 1.62. The Labute approximate surface area is 159 Å². The molecule has 4 aliphatic carbocycles. The van der Waals surface area contributed by atoms with Gasteiger partial charge < -0.3 is 9.90 Å². The number of fused-ring (bicyclic) bond motifs is 5. The molecule has 2 unspecified atom stereocenters. The fourth-order valence-corrected chi connectivity index (χ4v) is 8.01. The van der Waals surface area contributed by atoms with E-state index in [4.69, 9.17) is 0 Å². The lowest BCUT2D eigenvalue weighted by molar-refractivity contribution is -0.115. The Morgan fingerprint density at radius 3 is 2.65 bits per heavy atom. The highest BCUT2D eigenvalue weighted by Crippen LogP contribution is 2.67. The highest BCUT2D eigenvalue weighted by Gasteiger charge is 2.59. The highest BCUT2D eigenvalue weighted by atomic mass is 16.3. The van der Waals surface area contributed by atoms with Crippen LogP contribution in [0.3, 0.4) is 0 Å². The summed E-state index contributed by atoms with van der Waals surface area (Å²) >= 11 is 0. The number of hydrogen-bond donors (Lipinski definition) is 1. The number of aliphatic hydroxyl groups is 1. The molecule has 146 valence electrons. The maximum atomic E-state index is 11.5. The quantitative estimate of drug-likeness (QED) is 0.531. The van der Waals surface area contributed by atoms with Crippen LogP contribution >= 0.6 is 0 Å². The molecule has 0 aliphatic heterocycles. The molecule has 0 spiro atoms. The van der Waals surface area contributed by atoms with Crippen molar-refractivity contribution in [2.24, 2.45) is 40.4 Å². The molecule has 0 amide bonds. The first kappa shape index (κ1) is 18.7. The number of allylic oxidation sites excluding steroid dienone is 1. The van der Waals surface area contributed by atoms with Crippen LogP contribution in [0.2, 0.25) is 0 Å². The summed E-state index contributed by atoms with van der Waals surface area (Å²) in [5.41, 5.74) is 1.77. The molecule has 0 bridgehead atoms. The van der Waals surface area contributed by atoms with E-state index in [2.05, 4.69) is 33.8 Å². The molecular formula is C24H38O2. The number of aldehydes is 1. The average molecular weight is 359 g/mol. The van der Waals surface area contributed by atoms with Gasteiger partial charge in [-0.2, -0.15) is 0 Å². The number of rotatable bonds is 3. The van der Waals surface area contributed by atoms with Crippen LogP contribution in [-0.2, 0) is 4.79 Å². The van der Waals surface area contributed by atoms with Crippen LogP contribution in [0.4, 0.5) is 0 Å². The van der Waals surface area contributed by atoms with Crippen LogP contribution in [0.25, 0.3) is 0 Å².